The van der Waals surface area contributed by atoms with E-state index in [-0.39, 0.29) is 5.91 Å². The van der Waals surface area contributed by atoms with E-state index >= 15 is 0 Å². The molecule has 1 aliphatic rings. The van der Waals surface area contributed by atoms with Gasteiger partial charge in [-0.15, -0.1) is 0 Å². The first-order valence-electron chi connectivity index (χ1n) is 8.60. The molecule has 0 spiro atoms. The lowest BCUT2D eigenvalue weighted by Crippen LogP contribution is -2.30. The van der Waals surface area contributed by atoms with Gasteiger partial charge in [-0.25, -0.2) is 0 Å². The Morgan fingerprint density at radius 2 is 1.76 bits per heavy atom. The lowest BCUT2D eigenvalue weighted by Gasteiger charge is -2.30. The van der Waals surface area contributed by atoms with E-state index in [2.05, 4.69) is 16.3 Å². The second-order valence-electron chi connectivity index (χ2n) is 6.09. The molecule has 0 radical (unpaired) electrons. The van der Waals surface area contributed by atoms with Crippen molar-refractivity contribution in [1.82, 2.24) is 0 Å². The zero-order chi connectivity index (χ0) is 17.6. The van der Waals surface area contributed by atoms with Crippen molar-refractivity contribution >= 4 is 17.3 Å². The number of anilines is 2. The fourth-order valence-electron chi connectivity index (χ4n) is 3.17. The summed E-state index contributed by atoms with van der Waals surface area (Å²) in [6.07, 6.45) is 3.65. The Bertz CT molecular complexity index is 739. The van der Waals surface area contributed by atoms with Crippen molar-refractivity contribution in [1.29, 1.82) is 0 Å². The smallest absolute Gasteiger partial charge is 0.259 e. The van der Waals surface area contributed by atoms with Crippen LogP contribution in [0.2, 0.25) is 0 Å². The van der Waals surface area contributed by atoms with Crippen LogP contribution in [0.25, 0.3) is 0 Å². The molecule has 3 rings (SSSR count). The van der Waals surface area contributed by atoms with Crippen LogP contribution >= 0.6 is 0 Å². The first-order valence-corrected chi connectivity index (χ1v) is 8.60. The molecular weight excluding hydrogens is 316 g/mol. The molecule has 1 fully saturated rings. The van der Waals surface area contributed by atoms with Crippen LogP contribution in [0.4, 0.5) is 11.4 Å². The van der Waals surface area contributed by atoms with Gasteiger partial charge in [-0.05, 0) is 43.5 Å². The number of piperidine rings is 1. The summed E-state index contributed by atoms with van der Waals surface area (Å²) >= 11 is 0. The Hall–Kier alpha value is -2.69. The van der Waals surface area contributed by atoms with Gasteiger partial charge in [0, 0.05) is 19.2 Å². The van der Waals surface area contributed by atoms with E-state index in [9.17, 15) is 4.79 Å². The van der Waals surface area contributed by atoms with Crippen LogP contribution in [0.5, 0.6) is 11.5 Å². The van der Waals surface area contributed by atoms with Crippen LogP contribution in [-0.4, -0.2) is 33.2 Å². The average Bonchev–Trinajstić information content (AvgIpc) is 2.68. The quantitative estimate of drug-likeness (QED) is 0.895. The predicted molar refractivity (Wildman–Crippen MR) is 100 cm³/mol. The third-order valence-electron chi connectivity index (χ3n) is 4.50. The highest BCUT2D eigenvalue weighted by atomic mass is 16.5. The number of benzene rings is 2. The number of nitrogens with one attached hydrogen (secondary N) is 1. The number of para-hydroxylation sites is 2. The summed E-state index contributed by atoms with van der Waals surface area (Å²) in [7, 11) is 3.14. The van der Waals surface area contributed by atoms with Crippen molar-refractivity contribution in [3.05, 3.63) is 48.0 Å². The molecular formula is C20H24N2O3. The molecule has 0 aromatic heterocycles. The van der Waals surface area contributed by atoms with Gasteiger partial charge < -0.3 is 19.7 Å². The largest absolute Gasteiger partial charge is 0.497 e. The molecule has 132 valence electrons. The molecule has 0 unspecified atom stereocenters. The molecule has 2 aromatic rings. The number of amides is 1. The summed E-state index contributed by atoms with van der Waals surface area (Å²) in [5, 5.41) is 3.03. The third kappa shape index (κ3) is 3.87. The molecule has 2 aromatic carbocycles. The SMILES string of the molecule is COc1ccc(C(=O)Nc2ccccc2N2CCCCC2)c(OC)c1. The first-order chi connectivity index (χ1) is 12.2. The standard InChI is InChI=1S/C20H24N2O3/c1-24-15-10-11-16(19(14-15)25-2)20(23)21-17-8-4-5-9-18(17)22-12-6-3-7-13-22/h4-5,8-11,14H,3,6-7,12-13H2,1-2H3,(H,21,23). The van der Waals surface area contributed by atoms with E-state index in [4.69, 9.17) is 9.47 Å². The molecule has 1 amide bonds. The Morgan fingerprint density at radius 1 is 1.00 bits per heavy atom. The zero-order valence-corrected chi connectivity index (χ0v) is 14.7. The van der Waals surface area contributed by atoms with Crippen LogP contribution < -0.4 is 19.7 Å². The number of nitrogens with zero attached hydrogens (tertiary/aromatic N) is 1. The summed E-state index contributed by atoms with van der Waals surface area (Å²) in [6.45, 7) is 2.05. The van der Waals surface area contributed by atoms with Crippen molar-refractivity contribution in [3.63, 3.8) is 0 Å². The third-order valence-corrected chi connectivity index (χ3v) is 4.50. The molecule has 1 heterocycles. The second kappa shape index (κ2) is 7.92. The minimum absolute atomic E-state index is 0.191. The maximum absolute atomic E-state index is 12.8. The van der Waals surface area contributed by atoms with Crippen molar-refractivity contribution in [2.45, 2.75) is 19.3 Å². The maximum atomic E-state index is 12.8. The number of methoxy groups -OCH3 is 2. The zero-order valence-electron chi connectivity index (χ0n) is 14.7. The number of carbonyl (C=O) groups excluding carboxylic acids is 1. The van der Waals surface area contributed by atoms with Gasteiger partial charge in [0.15, 0.2) is 0 Å². The lowest BCUT2D eigenvalue weighted by atomic mass is 10.1. The summed E-state index contributed by atoms with van der Waals surface area (Å²) in [4.78, 5) is 15.1. The minimum Gasteiger partial charge on any atom is -0.497 e. The van der Waals surface area contributed by atoms with E-state index in [1.165, 1.54) is 19.3 Å². The molecule has 0 aliphatic carbocycles. The second-order valence-corrected chi connectivity index (χ2v) is 6.09. The van der Waals surface area contributed by atoms with Crippen LogP contribution in [-0.2, 0) is 0 Å². The van der Waals surface area contributed by atoms with Gasteiger partial charge in [0.05, 0.1) is 31.2 Å². The molecule has 0 atom stereocenters. The highest BCUT2D eigenvalue weighted by Crippen LogP contribution is 2.30. The Morgan fingerprint density at radius 3 is 2.48 bits per heavy atom. The van der Waals surface area contributed by atoms with Gasteiger partial charge >= 0.3 is 0 Å². The Kier molecular flexibility index (Phi) is 5.43. The molecule has 25 heavy (non-hydrogen) atoms. The summed E-state index contributed by atoms with van der Waals surface area (Å²) in [5.41, 5.74) is 2.38. The van der Waals surface area contributed by atoms with Crippen molar-refractivity contribution in [3.8, 4) is 11.5 Å². The predicted octanol–water partition coefficient (Wildman–Crippen LogP) is 3.95. The molecule has 1 aliphatic heterocycles. The van der Waals surface area contributed by atoms with E-state index in [1.807, 2.05) is 18.2 Å². The van der Waals surface area contributed by atoms with Gasteiger partial charge in [0.2, 0.25) is 0 Å². The molecule has 5 nitrogen and oxygen atoms in total. The number of hydrogen-bond donors (Lipinski definition) is 1. The molecule has 0 saturated carbocycles. The van der Waals surface area contributed by atoms with Crippen LogP contribution in [0, 0.1) is 0 Å². The number of ether oxygens (including phenoxy) is 2. The minimum atomic E-state index is -0.191. The van der Waals surface area contributed by atoms with Gasteiger partial charge in [-0.1, -0.05) is 12.1 Å². The van der Waals surface area contributed by atoms with Gasteiger partial charge in [0.25, 0.3) is 5.91 Å². The highest BCUT2D eigenvalue weighted by Gasteiger charge is 2.18. The normalized spacial score (nSPS) is 14.1. The van der Waals surface area contributed by atoms with Crippen molar-refractivity contribution in [2.24, 2.45) is 0 Å². The molecule has 1 saturated heterocycles. The van der Waals surface area contributed by atoms with E-state index < -0.39 is 0 Å². The number of carbonyl (C=O) groups is 1. The first kappa shape index (κ1) is 17.1. The van der Waals surface area contributed by atoms with E-state index in [1.54, 1.807) is 32.4 Å². The summed E-state index contributed by atoms with van der Waals surface area (Å²) < 4.78 is 10.5. The summed E-state index contributed by atoms with van der Waals surface area (Å²) in [5.74, 6) is 0.957. The van der Waals surface area contributed by atoms with Crippen LogP contribution in [0.15, 0.2) is 42.5 Å². The maximum Gasteiger partial charge on any atom is 0.259 e. The van der Waals surface area contributed by atoms with Crippen LogP contribution in [0.1, 0.15) is 29.6 Å². The Labute approximate surface area is 148 Å². The van der Waals surface area contributed by atoms with Gasteiger partial charge in [-0.2, -0.15) is 0 Å². The van der Waals surface area contributed by atoms with Gasteiger partial charge in [0.1, 0.15) is 11.5 Å². The van der Waals surface area contributed by atoms with E-state index in [0.717, 1.165) is 24.5 Å². The number of hydrogen-bond acceptors (Lipinski definition) is 4. The fourth-order valence-corrected chi connectivity index (χ4v) is 3.17. The molecule has 5 heteroatoms. The van der Waals surface area contributed by atoms with Crippen molar-refractivity contribution in [2.75, 3.05) is 37.5 Å². The fraction of sp³-hybridized carbons (Fsp3) is 0.350. The Balaban J connectivity index is 1.84. The summed E-state index contributed by atoms with van der Waals surface area (Å²) in [6, 6.07) is 13.1. The molecule has 0 bridgehead atoms. The number of rotatable bonds is 5. The lowest BCUT2D eigenvalue weighted by molar-refractivity contribution is 0.102. The van der Waals surface area contributed by atoms with Crippen LogP contribution in [0.3, 0.4) is 0 Å². The monoisotopic (exact) mass is 340 g/mol. The molecule has 1 N–H and O–H groups in total. The van der Waals surface area contributed by atoms with E-state index in [0.29, 0.717) is 17.1 Å². The highest BCUT2D eigenvalue weighted by molar-refractivity contribution is 6.07. The topological polar surface area (TPSA) is 50.8 Å². The van der Waals surface area contributed by atoms with Gasteiger partial charge in [-0.3, -0.25) is 4.79 Å². The van der Waals surface area contributed by atoms with Crippen molar-refractivity contribution < 1.29 is 14.3 Å². The average molecular weight is 340 g/mol.